The summed E-state index contributed by atoms with van der Waals surface area (Å²) in [5.41, 5.74) is 1.39. The molecule has 2 amide bonds. The molecule has 1 aliphatic heterocycles. The van der Waals surface area contributed by atoms with Crippen molar-refractivity contribution in [3.05, 3.63) is 35.9 Å². The molecule has 0 saturated carbocycles. The molecule has 128 valence electrons. The largest absolute Gasteiger partial charge is 0.472 e. The van der Waals surface area contributed by atoms with Crippen LogP contribution in [0.15, 0.2) is 30.3 Å². The lowest BCUT2D eigenvalue weighted by molar-refractivity contribution is 0.180. The van der Waals surface area contributed by atoms with E-state index in [4.69, 9.17) is 4.74 Å². The number of aromatic nitrogens is 2. The van der Waals surface area contributed by atoms with E-state index in [2.05, 4.69) is 39.8 Å². The summed E-state index contributed by atoms with van der Waals surface area (Å²) < 4.78 is 4.98. The number of hydrogen-bond acceptors (Lipinski definition) is 5. The Balaban J connectivity index is 1.42. The Morgan fingerprint density at radius 1 is 1.29 bits per heavy atom. The van der Waals surface area contributed by atoms with Crippen molar-refractivity contribution < 1.29 is 9.53 Å². The van der Waals surface area contributed by atoms with E-state index in [1.54, 1.807) is 0 Å². The van der Waals surface area contributed by atoms with Crippen molar-refractivity contribution in [1.82, 2.24) is 15.1 Å². The molecular weight excluding hydrogens is 324 g/mol. The minimum Gasteiger partial charge on any atom is -0.472 e. The van der Waals surface area contributed by atoms with Crippen LogP contribution < -0.4 is 10.1 Å². The zero-order valence-electron chi connectivity index (χ0n) is 13.8. The summed E-state index contributed by atoms with van der Waals surface area (Å²) in [4.78, 5) is 14.1. The zero-order chi connectivity index (χ0) is 16.8. The van der Waals surface area contributed by atoms with Crippen molar-refractivity contribution in [3.8, 4) is 5.19 Å². The molecule has 2 heterocycles. The molecule has 1 aliphatic rings. The van der Waals surface area contributed by atoms with Crippen LogP contribution in [0.25, 0.3) is 0 Å². The molecule has 7 heteroatoms. The molecule has 3 rings (SSSR count). The van der Waals surface area contributed by atoms with Crippen LogP contribution >= 0.6 is 11.3 Å². The predicted molar refractivity (Wildman–Crippen MR) is 94.5 cm³/mol. The van der Waals surface area contributed by atoms with Gasteiger partial charge in [-0.05, 0) is 48.5 Å². The molecule has 0 unspecified atom stereocenters. The van der Waals surface area contributed by atoms with E-state index in [1.165, 1.54) is 30.4 Å². The summed E-state index contributed by atoms with van der Waals surface area (Å²) in [5, 5.41) is 11.4. The number of likely N-dealkylation sites (tertiary alicyclic amines) is 1. The fourth-order valence-corrected chi connectivity index (χ4v) is 3.50. The number of aryl methyl sites for hydroxylation is 1. The third-order valence-corrected chi connectivity index (χ3v) is 5.18. The van der Waals surface area contributed by atoms with Crippen molar-refractivity contribution in [2.75, 3.05) is 25.5 Å². The van der Waals surface area contributed by atoms with Crippen molar-refractivity contribution in [1.29, 1.82) is 0 Å². The Kier molecular flexibility index (Phi) is 5.63. The number of amides is 2. The maximum atomic E-state index is 12.3. The van der Waals surface area contributed by atoms with Gasteiger partial charge in [0.15, 0.2) is 0 Å². The van der Waals surface area contributed by atoms with Gasteiger partial charge in [0, 0.05) is 13.1 Å². The van der Waals surface area contributed by atoms with Crippen LogP contribution in [-0.2, 0) is 6.42 Å². The van der Waals surface area contributed by atoms with Crippen molar-refractivity contribution in [2.24, 2.45) is 5.92 Å². The molecule has 1 aromatic heterocycles. The summed E-state index contributed by atoms with van der Waals surface area (Å²) >= 11 is 1.23. The number of ether oxygens (including phenoxy) is 1. The summed E-state index contributed by atoms with van der Waals surface area (Å²) in [7, 11) is 1.53. The number of carbonyl (C=O) groups is 1. The fourth-order valence-electron chi connectivity index (χ4n) is 2.95. The van der Waals surface area contributed by atoms with Gasteiger partial charge in [-0.1, -0.05) is 35.4 Å². The molecule has 0 atom stereocenters. The molecule has 0 aliphatic carbocycles. The van der Waals surface area contributed by atoms with Gasteiger partial charge in [-0.25, -0.2) is 4.79 Å². The van der Waals surface area contributed by atoms with Crippen molar-refractivity contribution in [2.45, 2.75) is 25.7 Å². The zero-order valence-corrected chi connectivity index (χ0v) is 14.6. The maximum Gasteiger partial charge on any atom is 0.323 e. The van der Waals surface area contributed by atoms with Gasteiger partial charge in [0.1, 0.15) is 0 Å². The highest BCUT2D eigenvalue weighted by atomic mass is 32.1. The Morgan fingerprint density at radius 3 is 2.71 bits per heavy atom. The Labute approximate surface area is 145 Å². The normalized spacial score (nSPS) is 15.3. The number of nitrogens with one attached hydrogen (secondary N) is 1. The van der Waals surface area contributed by atoms with Crippen LogP contribution in [0.2, 0.25) is 0 Å². The number of carbonyl (C=O) groups excluding carboxylic acids is 1. The lowest BCUT2D eigenvalue weighted by atomic mass is 9.91. The van der Waals surface area contributed by atoms with E-state index >= 15 is 0 Å². The van der Waals surface area contributed by atoms with Gasteiger partial charge in [-0.15, -0.1) is 5.10 Å². The average molecular weight is 346 g/mol. The molecule has 0 spiro atoms. The lowest BCUT2D eigenvalue weighted by Crippen LogP contribution is -2.41. The topological polar surface area (TPSA) is 67.4 Å². The van der Waals surface area contributed by atoms with E-state index in [9.17, 15) is 4.79 Å². The van der Waals surface area contributed by atoms with Gasteiger partial charge in [0.25, 0.3) is 5.19 Å². The Bertz CT molecular complexity index is 654. The van der Waals surface area contributed by atoms with Gasteiger partial charge in [0.05, 0.1) is 7.11 Å². The minimum atomic E-state index is -0.102. The standard InChI is InChI=1S/C17H22N4O2S/c1-23-17-20-19-15(24-17)18-16(22)21-11-9-14(10-12-21)8-7-13-5-3-2-4-6-13/h2-6,14H,7-12H2,1H3,(H,18,19,22). The van der Waals surface area contributed by atoms with Crippen molar-refractivity contribution in [3.63, 3.8) is 0 Å². The van der Waals surface area contributed by atoms with Gasteiger partial charge >= 0.3 is 6.03 Å². The molecule has 6 nitrogen and oxygen atoms in total. The van der Waals surface area contributed by atoms with E-state index in [0.717, 1.165) is 32.4 Å². The first-order valence-corrected chi connectivity index (χ1v) is 9.03. The quantitative estimate of drug-likeness (QED) is 0.901. The first-order valence-electron chi connectivity index (χ1n) is 8.22. The molecule has 1 N–H and O–H groups in total. The number of urea groups is 1. The summed E-state index contributed by atoms with van der Waals surface area (Å²) in [6.07, 6.45) is 4.41. The summed E-state index contributed by atoms with van der Waals surface area (Å²) in [6.45, 7) is 1.59. The van der Waals surface area contributed by atoms with Crippen LogP contribution in [0.5, 0.6) is 5.19 Å². The van der Waals surface area contributed by atoms with Crippen LogP contribution in [0.4, 0.5) is 9.93 Å². The summed E-state index contributed by atoms with van der Waals surface area (Å²) in [6, 6.07) is 10.5. The molecule has 1 aromatic carbocycles. The third kappa shape index (κ3) is 4.44. The third-order valence-electron chi connectivity index (χ3n) is 4.38. The highest BCUT2D eigenvalue weighted by molar-refractivity contribution is 7.17. The molecule has 1 fully saturated rings. The second kappa shape index (κ2) is 8.10. The monoisotopic (exact) mass is 346 g/mol. The second-order valence-electron chi connectivity index (χ2n) is 5.96. The Morgan fingerprint density at radius 2 is 2.04 bits per heavy atom. The highest BCUT2D eigenvalue weighted by Gasteiger charge is 2.23. The van der Waals surface area contributed by atoms with Crippen LogP contribution in [-0.4, -0.2) is 41.3 Å². The molecule has 0 radical (unpaired) electrons. The minimum absolute atomic E-state index is 0.102. The number of piperidine rings is 1. The van der Waals surface area contributed by atoms with E-state index in [1.807, 2.05) is 11.0 Å². The average Bonchev–Trinajstić information content (AvgIpc) is 3.09. The van der Waals surface area contributed by atoms with Gasteiger partial charge in [-0.3, -0.25) is 5.32 Å². The smallest absolute Gasteiger partial charge is 0.323 e. The molecule has 24 heavy (non-hydrogen) atoms. The number of hydrogen-bond donors (Lipinski definition) is 1. The molecule has 0 bridgehead atoms. The highest BCUT2D eigenvalue weighted by Crippen LogP contribution is 2.25. The molecular formula is C17H22N4O2S. The number of methoxy groups -OCH3 is 1. The van der Waals surface area contributed by atoms with Crippen molar-refractivity contribution >= 4 is 22.5 Å². The fraction of sp³-hybridized carbons (Fsp3) is 0.471. The summed E-state index contributed by atoms with van der Waals surface area (Å²) in [5.74, 6) is 0.691. The first kappa shape index (κ1) is 16.7. The first-order chi connectivity index (χ1) is 11.7. The van der Waals surface area contributed by atoms with Crippen LogP contribution in [0, 0.1) is 5.92 Å². The Hall–Kier alpha value is -2.15. The molecule has 2 aromatic rings. The van der Waals surface area contributed by atoms with Gasteiger partial charge < -0.3 is 9.64 Å². The number of benzene rings is 1. The van der Waals surface area contributed by atoms with Gasteiger partial charge in [-0.2, -0.15) is 0 Å². The SMILES string of the molecule is COc1nnc(NC(=O)N2CCC(CCc3ccccc3)CC2)s1. The number of nitrogens with zero attached hydrogens (tertiary/aromatic N) is 3. The molecule has 1 saturated heterocycles. The van der Waals surface area contributed by atoms with Crippen LogP contribution in [0.1, 0.15) is 24.8 Å². The van der Waals surface area contributed by atoms with E-state index in [-0.39, 0.29) is 6.03 Å². The second-order valence-corrected chi connectivity index (χ2v) is 6.90. The van der Waals surface area contributed by atoms with Gasteiger partial charge in [0.2, 0.25) is 5.13 Å². The van der Waals surface area contributed by atoms with E-state index in [0.29, 0.717) is 16.2 Å². The van der Waals surface area contributed by atoms with E-state index < -0.39 is 0 Å². The predicted octanol–water partition coefficient (Wildman–Crippen LogP) is 3.42. The maximum absolute atomic E-state index is 12.3. The number of rotatable bonds is 5. The lowest BCUT2D eigenvalue weighted by Gasteiger charge is -2.31. The van der Waals surface area contributed by atoms with Crippen LogP contribution in [0.3, 0.4) is 0 Å². The number of anilines is 1.